The van der Waals surface area contributed by atoms with Crippen molar-refractivity contribution in [3.05, 3.63) is 108 Å². The lowest BCUT2D eigenvalue weighted by Crippen LogP contribution is -2.22. The molecular weight excluding hydrogens is 1180 g/mol. The van der Waals surface area contributed by atoms with E-state index in [0.29, 0.717) is 71.3 Å². The summed E-state index contributed by atoms with van der Waals surface area (Å²) in [6.45, 7) is 10.4. The standard InChI is InChI=1S/C54H53N15O10S5/c1-9-68(10-2)40-24-36(38(26-44(40)78-7)62-64-50-34(28-55)48(66-81-50)32-18-20-42(76-5)46(22-32)83(70,71)72)57-52-59-53(61-54(60-52)80-30-31-16-14-13-15-17-31)58-37-25-41(69(11-3)12-4)45(79-8)27-39(37)63-65-51-35(29-56)49(67-82-51)33-19-21-43(77-6)47(23-33)84(73,74)75/h13-27H,9-12,30H2,1-8H3,(H,70,71,72)(H,73,74,75)(H2,57,58,59,60,61). The third-order valence-electron chi connectivity index (χ3n) is 12.6. The molecule has 0 fully saturated rings. The molecule has 0 atom stereocenters. The molecule has 434 valence electrons. The second kappa shape index (κ2) is 27.0. The number of azo groups is 2. The lowest BCUT2D eigenvalue weighted by Gasteiger charge is -2.25. The Morgan fingerprint density at radius 1 is 0.571 bits per heavy atom. The minimum Gasteiger partial charge on any atom is -0.495 e. The minimum atomic E-state index is -4.72. The molecule has 5 aromatic carbocycles. The van der Waals surface area contributed by atoms with Crippen molar-refractivity contribution in [1.29, 1.82) is 10.5 Å². The van der Waals surface area contributed by atoms with Gasteiger partial charge in [-0.1, -0.05) is 42.1 Å². The monoisotopic (exact) mass is 1230 g/mol. The molecule has 0 unspecified atom stereocenters. The highest BCUT2D eigenvalue weighted by Gasteiger charge is 2.25. The number of nitrogens with one attached hydrogen (secondary N) is 2. The zero-order chi connectivity index (χ0) is 60.3. The van der Waals surface area contributed by atoms with Gasteiger partial charge in [-0.05, 0) is 105 Å². The Kier molecular flexibility index (Phi) is 19.7. The fraction of sp³-hybridized carbons (Fsp3) is 0.241. The van der Waals surface area contributed by atoms with Crippen molar-refractivity contribution >= 4 is 111 Å². The fourth-order valence-electron chi connectivity index (χ4n) is 8.47. The fourth-order valence-corrected chi connectivity index (χ4v) is 12.0. The summed E-state index contributed by atoms with van der Waals surface area (Å²) in [4.78, 5) is 17.7. The first kappa shape index (κ1) is 61.2. The summed E-state index contributed by atoms with van der Waals surface area (Å²) in [6, 6.07) is 28.9. The van der Waals surface area contributed by atoms with Crippen molar-refractivity contribution in [2.24, 2.45) is 20.5 Å². The van der Waals surface area contributed by atoms with Crippen LogP contribution in [-0.2, 0) is 26.0 Å². The first-order valence-corrected chi connectivity index (χ1v) is 30.7. The van der Waals surface area contributed by atoms with Gasteiger partial charge in [-0.2, -0.15) is 51.1 Å². The van der Waals surface area contributed by atoms with Crippen molar-refractivity contribution in [3.8, 4) is 57.7 Å². The Labute approximate surface area is 496 Å². The summed E-state index contributed by atoms with van der Waals surface area (Å²) < 4.78 is 100.0. The van der Waals surface area contributed by atoms with Gasteiger partial charge in [0, 0.05) is 55.2 Å². The highest BCUT2D eigenvalue weighted by atomic mass is 32.2. The van der Waals surface area contributed by atoms with E-state index >= 15 is 0 Å². The second-order valence-corrected chi connectivity index (χ2v) is 22.7. The van der Waals surface area contributed by atoms with Crippen LogP contribution < -0.4 is 39.4 Å². The van der Waals surface area contributed by atoms with Crippen LogP contribution in [-0.4, -0.2) is 104 Å². The zero-order valence-electron chi connectivity index (χ0n) is 46.2. The molecule has 0 aliphatic heterocycles. The molecule has 3 heterocycles. The largest absolute Gasteiger partial charge is 0.495 e. The SMILES string of the molecule is CCN(CC)c1cc(Nc2nc(Nc3cc(N(CC)CC)c(OC)cc3N=Nc3snc(-c4ccc(OC)c(S(=O)(=O)O)c4)c3C#N)nc(SCc3ccccc3)n2)c(N=Nc2snc(-c3ccc(OC)c(S(=O)(=O)O)c3)c2C#N)cc1OC. The Hall–Kier alpha value is -8.88. The predicted molar refractivity (Wildman–Crippen MR) is 321 cm³/mol. The van der Waals surface area contributed by atoms with Gasteiger partial charge in [0.2, 0.25) is 11.9 Å². The molecule has 3 aromatic heterocycles. The van der Waals surface area contributed by atoms with Gasteiger partial charge in [-0.25, -0.2) is 0 Å². The summed E-state index contributed by atoms with van der Waals surface area (Å²) in [7, 11) is -3.88. The molecule has 4 N–H and O–H groups in total. The lowest BCUT2D eigenvalue weighted by atomic mass is 10.1. The molecular formula is C54H53N15O10S5. The summed E-state index contributed by atoms with van der Waals surface area (Å²) >= 11 is 3.03. The van der Waals surface area contributed by atoms with Gasteiger partial charge in [0.1, 0.15) is 78.8 Å². The molecule has 0 amide bonds. The van der Waals surface area contributed by atoms with Crippen LogP contribution in [0.1, 0.15) is 44.4 Å². The first-order chi connectivity index (χ1) is 40.4. The number of hydrogen-bond donors (Lipinski definition) is 4. The van der Waals surface area contributed by atoms with Crippen LogP contribution >= 0.6 is 34.8 Å². The van der Waals surface area contributed by atoms with Crippen molar-refractivity contribution < 1.29 is 44.9 Å². The highest BCUT2D eigenvalue weighted by molar-refractivity contribution is 7.98. The zero-order valence-corrected chi connectivity index (χ0v) is 50.3. The van der Waals surface area contributed by atoms with Crippen molar-refractivity contribution in [2.75, 3.05) is 75.1 Å². The van der Waals surface area contributed by atoms with E-state index in [2.05, 4.69) is 61.8 Å². The molecule has 0 aliphatic rings. The molecule has 0 radical (unpaired) electrons. The van der Waals surface area contributed by atoms with E-state index in [1.165, 1.54) is 64.5 Å². The van der Waals surface area contributed by atoms with Gasteiger partial charge in [-0.3, -0.25) is 9.11 Å². The average molecular weight is 1230 g/mol. The molecule has 30 heteroatoms. The first-order valence-electron chi connectivity index (χ1n) is 25.3. The summed E-state index contributed by atoms with van der Waals surface area (Å²) in [6.07, 6.45) is 0. The van der Waals surface area contributed by atoms with E-state index in [0.717, 1.165) is 40.8 Å². The topological polar surface area (TPSA) is 338 Å². The van der Waals surface area contributed by atoms with Crippen molar-refractivity contribution in [2.45, 2.75) is 48.4 Å². The molecule has 25 nitrogen and oxygen atoms in total. The molecule has 0 saturated heterocycles. The maximum atomic E-state index is 12.3. The summed E-state index contributed by atoms with van der Waals surface area (Å²) in [5.41, 5.74) is 4.13. The number of aromatic nitrogens is 5. The molecule has 0 bridgehead atoms. The third-order valence-corrected chi connectivity index (χ3v) is 16.8. The lowest BCUT2D eigenvalue weighted by molar-refractivity contribution is 0.397. The van der Waals surface area contributed by atoms with E-state index in [9.17, 15) is 36.5 Å². The molecule has 8 rings (SSSR count). The van der Waals surface area contributed by atoms with Gasteiger partial charge in [-0.15, -0.1) is 20.5 Å². The van der Waals surface area contributed by atoms with Crippen molar-refractivity contribution in [3.63, 3.8) is 0 Å². The van der Waals surface area contributed by atoms with Crippen LogP contribution in [0, 0.1) is 22.7 Å². The van der Waals surface area contributed by atoms with Crippen LogP contribution in [0.15, 0.2) is 126 Å². The smallest absolute Gasteiger partial charge is 0.298 e. The highest BCUT2D eigenvalue weighted by Crippen LogP contribution is 2.45. The molecule has 8 aromatic rings. The maximum Gasteiger partial charge on any atom is 0.298 e. The number of thioether (sulfide) groups is 1. The molecule has 0 aliphatic carbocycles. The van der Waals surface area contributed by atoms with Crippen molar-refractivity contribution in [1.82, 2.24) is 23.7 Å². The number of nitrogens with zero attached hydrogens (tertiary/aromatic N) is 13. The van der Waals surface area contributed by atoms with E-state index in [-0.39, 0.29) is 78.4 Å². The van der Waals surface area contributed by atoms with Gasteiger partial charge in [0.05, 0.1) is 51.2 Å². The normalized spacial score (nSPS) is 11.6. The van der Waals surface area contributed by atoms with Crippen LogP contribution in [0.5, 0.6) is 23.0 Å². The Bertz CT molecular complexity index is 3870. The molecule has 84 heavy (non-hydrogen) atoms. The minimum absolute atomic E-state index is 0.0148. The molecule has 0 spiro atoms. The van der Waals surface area contributed by atoms with Gasteiger partial charge in [0.15, 0.2) is 15.2 Å². The number of hydrogen-bond acceptors (Lipinski definition) is 26. The van der Waals surface area contributed by atoms with Crippen LogP contribution in [0.25, 0.3) is 22.5 Å². The quantitative estimate of drug-likeness (QED) is 0.0235. The number of rotatable bonds is 25. The average Bonchev–Trinajstić information content (AvgIpc) is 3.10. The third kappa shape index (κ3) is 13.8. The van der Waals surface area contributed by atoms with Crippen LogP contribution in [0.2, 0.25) is 0 Å². The van der Waals surface area contributed by atoms with E-state index in [1.54, 1.807) is 12.1 Å². The maximum absolute atomic E-state index is 12.3. The number of anilines is 6. The van der Waals surface area contributed by atoms with Gasteiger partial charge >= 0.3 is 0 Å². The Balaban J connectivity index is 1.24. The van der Waals surface area contributed by atoms with Crippen LogP contribution in [0.3, 0.4) is 0 Å². The van der Waals surface area contributed by atoms with Gasteiger partial charge < -0.3 is 39.4 Å². The summed E-state index contributed by atoms with van der Waals surface area (Å²) in [5.74, 6) is 1.29. The number of methoxy groups -OCH3 is 4. The number of ether oxygens (including phenoxy) is 4. The number of nitriles is 2. The van der Waals surface area contributed by atoms with Crippen LogP contribution in [0.4, 0.5) is 56.0 Å². The second-order valence-electron chi connectivity index (χ2n) is 17.4. The van der Waals surface area contributed by atoms with E-state index in [1.807, 2.05) is 70.2 Å². The Morgan fingerprint density at radius 3 is 1.36 bits per heavy atom. The summed E-state index contributed by atoms with van der Waals surface area (Å²) in [5, 5.41) is 46.3. The van der Waals surface area contributed by atoms with Gasteiger partial charge in [0.25, 0.3) is 20.2 Å². The van der Waals surface area contributed by atoms with E-state index in [4.69, 9.17) is 33.9 Å². The number of benzene rings is 5. The predicted octanol–water partition coefficient (Wildman–Crippen LogP) is 12.7. The Morgan fingerprint density at radius 2 is 0.988 bits per heavy atom. The molecule has 0 saturated carbocycles. The van der Waals surface area contributed by atoms with E-state index < -0.39 is 30.0 Å².